The summed E-state index contributed by atoms with van der Waals surface area (Å²) in [4.78, 5) is 33.4. The quantitative estimate of drug-likeness (QED) is 0.622. The van der Waals surface area contributed by atoms with Gasteiger partial charge in [0.1, 0.15) is 5.82 Å². The van der Waals surface area contributed by atoms with E-state index in [1.165, 1.54) is 16.5 Å². The molecule has 2 saturated heterocycles. The molecule has 6 nitrogen and oxygen atoms in total. The van der Waals surface area contributed by atoms with Crippen LogP contribution in [-0.2, 0) is 9.59 Å². The molecule has 1 aromatic heterocycles. The first kappa shape index (κ1) is 21.3. The summed E-state index contributed by atoms with van der Waals surface area (Å²) in [5.41, 5.74) is 0. The van der Waals surface area contributed by atoms with Gasteiger partial charge in [-0.1, -0.05) is 18.6 Å². The number of aromatic nitrogens is 1. The highest BCUT2D eigenvalue weighted by atomic mass is 32.1. The highest BCUT2D eigenvalue weighted by molar-refractivity contribution is 7.13. The molecule has 5 fully saturated rings. The molecule has 2 unspecified atom stereocenters. The van der Waals surface area contributed by atoms with E-state index in [2.05, 4.69) is 34.1 Å². The summed E-state index contributed by atoms with van der Waals surface area (Å²) in [7, 11) is 0. The minimum Gasteiger partial charge on any atom is -0.353 e. The minimum atomic E-state index is 0.0292. The van der Waals surface area contributed by atoms with Gasteiger partial charge in [0, 0.05) is 44.2 Å². The molecule has 2 amide bonds. The van der Waals surface area contributed by atoms with Crippen LogP contribution in [0.25, 0.3) is 10.1 Å². The van der Waals surface area contributed by atoms with Crippen molar-refractivity contribution in [3.05, 3.63) is 24.3 Å². The molecule has 34 heavy (non-hydrogen) atoms. The summed E-state index contributed by atoms with van der Waals surface area (Å²) in [5, 5.41) is 1.27. The molecule has 7 heteroatoms. The molecule has 5 aliphatic rings. The standard InChI is InChI=1S/C27H34N4O2S/c32-26-23-18-8-9-19(15-18)24(23)27(33)31(26)20-5-3-4-17(14-20)16-29-10-12-30(13-11-29)25-21-6-1-2-7-22(21)34-28-25/h1-2,6-7,17-20,23-24H,3-5,8-16H2/t17?,18-,19-,20?,23-,24+/m0/s1. The minimum absolute atomic E-state index is 0.0292. The van der Waals surface area contributed by atoms with Crippen molar-refractivity contribution in [2.24, 2.45) is 29.6 Å². The fraction of sp³-hybridized carbons (Fsp3) is 0.667. The molecule has 3 aliphatic carbocycles. The fourth-order valence-corrected chi connectivity index (χ4v) is 8.86. The number of piperazine rings is 1. The molecule has 0 spiro atoms. The number of anilines is 1. The monoisotopic (exact) mass is 478 g/mol. The van der Waals surface area contributed by atoms with E-state index < -0.39 is 0 Å². The van der Waals surface area contributed by atoms with Crippen molar-refractivity contribution in [1.82, 2.24) is 14.2 Å². The normalized spacial score (nSPS) is 36.1. The van der Waals surface area contributed by atoms with Crippen LogP contribution in [0.5, 0.6) is 0 Å². The number of hydrogen-bond donors (Lipinski definition) is 0. The largest absolute Gasteiger partial charge is 0.353 e. The first-order chi connectivity index (χ1) is 16.7. The van der Waals surface area contributed by atoms with E-state index >= 15 is 0 Å². The van der Waals surface area contributed by atoms with Gasteiger partial charge in [-0.25, -0.2) is 0 Å². The molecule has 0 radical (unpaired) electrons. The summed E-state index contributed by atoms with van der Waals surface area (Å²) in [6.07, 6.45) is 7.82. The topological polar surface area (TPSA) is 56.8 Å². The summed E-state index contributed by atoms with van der Waals surface area (Å²) < 4.78 is 6.01. The summed E-state index contributed by atoms with van der Waals surface area (Å²) >= 11 is 1.59. The molecular weight excluding hydrogens is 444 g/mol. The average Bonchev–Trinajstić information content (AvgIpc) is 3.63. The van der Waals surface area contributed by atoms with Crippen LogP contribution in [0.3, 0.4) is 0 Å². The van der Waals surface area contributed by atoms with Crippen LogP contribution in [-0.4, -0.2) is 64.8 Å². The van der Waals surface area contributed by atoms with Crippen LogP contribution in [0.4, 0.5) is 5.82 Å². The number of amides is 2. The van der Waals surface area contributed by atoms with E-state index in [1.807, 2.05) is 0 Å². The number of fused-ring (bicyclic) bond motifs is 6. The summed E-state index contributed by atoms with van der Waals surface area (Å²) in [6, 6.07) is 8.67. The van der Waals surface area contributed by atoms with E-state index in [0.717, 1.165) is 77.1 Å². The maximum atomic E-state index is 13.3. The highest BCUT2D eigenvalue weighted by Crippen LogP contribution is 2.56. The van der Waals surface area contributed by atoms with Gasteiger partial charge in [0.2, 0.25) is 11.8 Å². The zero-order valence-electron chi connectivity index (χ0n) is 19.8. The number of imide groups is 1. The number of hydrogen-bond acceptors (Lipinski definition) is 6. The lowest BCUT2D eigenvalue weighted by molar-refractivity contribution is -0.144. The molecule has 0 N–H and O–H groups in total. The van der Waals surface area contributed by atoms with Crippen molar-refractivity contribution in [2.75, 3.05) is 37.6 Å². The second kappa shape index (κ2) is 8.30. The Hall–Kier alpha value is -1.99. The van der Waals surface area contributed by atoms with Crippen LogP contribution in [0.2, 0.25) is 0 Å². The number of rotatable bonds is 4. The van der Waals surface area contributed by atoms with E-state index in [0.29, 0.717) is 17.8 Å². The Morgan fingerprint density at radius 2 is 1.62 bits per heavy atom. The molecule has 3 saturated carbocycles. The molecule has 2 aliphatic heterocycles. The van der Waals surface area contributed by atoms with E-state index in [4.69, 9.17) is 4.37 Å². The lowest BCUT2D eigenvalue weighted by atomic mass is 9.81. The molecule has 180 valence electrons. The third kappa shape index (κ3) is 3.34. The Labute approximate surface area is 205 Å². The van der Waals surface area contributed by atoms with Crippen molar-refractivity contribution in [2.45, 2.75) is 51.0 Å². The number of carbonyl (C=O) groups is 2. The predicted octanol–water partition coefficient (Wildman–Crippen LogP) is 4.01. The van der Waals surface area contributed by atoms with Gasteiger partial charge in [-0.15, -0.1) is 0 Å². The van der Waals surface area contributed by atoms with Gasteiger partial charge < -0.3 is 4.90 Å². The van der Waals surface area contributed by atoms with Gasteiger partial charge in [-0.3, -0.25) is 19.4 Å². The predicted molar refractivity (Wildman–Crippen MR) is 134 cm³/mol. The number of carbonyl (C=O) groups excluding carboxylic acids is 2. The number of benzene rings is 1. The number of nitrogens with zero attached hydrogens (tertiary/aromatic N) is 4. The molecular formula is C27H34N4O2S. The van der Waals surface area contributed by atoms with Gasteiger partial charge >= 0.3 is 0 Å². The summed E-state index contributed by atoms with van der Waals surface area (Å²) in [6.45, 7) is 5.24. The highest BCUT2D eigenvalue weighted by Gasteiger charge is 2.61. The SMILES string of the molecule is O=C1[C@@H]2[C@H]3CC[C@@H](C3)[C@@H]2C(=O)N1C1CCCC(CN2CCN(c3nsc4ccccc34)CC2)C1. The smallest absolute Gasteiger partial charge is 0.233 e. The second-order valence-electron chi connectivity index (χ2n) is 11.4. The van der Waals surface area contributed by atoms with Crippen molar-refractivity contribution >= 4 is 39.3 Å². The molecule has 6 atom stereocenters. The van der Waals surface area contributed by atoms with Crippen LogP contribution >= 0.6 is 11.5 Å². The lowest BCUT2D eigenvalue weighted by Gasteiger charge is -2.40. The Balaban J connectivity index is 0.972. The van der Waals surface area contributed by atoms with Gasteiger partial charge in [0.05, 0.1) is 16.5 Å². The lowest BCUT2D eigenvalue weighted by Crippen LogP contribution is -2.49. The van der Waals surface area contributed by atoms with Crippen molar-refractivity contribution in [1.29, 1.82) is 0 Å². The maximum absolute atomic E-state index is 13.3. The van der Waals surface area contributed by atoms with Gasteiger partial charge in [-0.2, -0.15) is 4.37 Å². The van der Waals surface area contributed by atoms with Crippen molar-refractivity contribution in [3.8, 4) is 0 Å². The number of likely N-dealkylation sites (tertiary alicyclic amines) is 1. The van der Waals surface area contributed by atoms with Crippen LogP contribution < -0.4 is 4.90 Å². The zero-order valence-corrected chi connectivity index (χ0v) is 20.6. The second-order valence-corrected chi connectivity index (χ2v) is 12.2. The molecule has 3 heterocycles. The van der Waals surface area contributed by atoms with Crippen LogP contribution in [0.1, 0.15) is 44.9 Å². The fourth-order valence-electron chi connectivity index (χ4n) is 8.06. The molecule has 2 bridgehead atoms. The van der Waals surface area contributed by atoms with E-state index in [1.54, 1.807) is 16.4 Å². The Kier molecular flexibility index (Phi) is 5.20. The molecule has 1 aromatic carbocycles. The van der Waals surface area contributed by atoms with Gasteiger partial charge in [0.25, 0.3) is 0 Å². The molecule has 2 aromatic rings. The third-order valence-corrected chi connectivity index (χ3v) is 10.4. The van der Waals surface area contributed by atoms with Crippen LogP contribution in [0, 0.1) is 29.6 Å². The van der Waals surface area contributed by atoms with Gasteiger partial charge in [-0.05, 0) is 79.9 Å². The zero-order chi connectivity index (χ0) is 22.8. The van der Waals surface area contributed by atoms with Crippen molar-refractivity contribution < 1.29 is 9.59 Å². The van der Waals surface area contributed by atoms with Crippen LogP contribution in [0.15, 0.2) is 24.3 Å². The van der Waals surface area contributed by atoms with Crippen molar-refractivity contribution in [3.63, 3.8) is 0 Å². The first-order valence-electron chi connectivity index (χ1n) is 13.4. The third-order valence-electron chi connectivity index (χ3n) is 9.63. The Morgan fingerprint density at radius 1 is 0.882 bits per heavy atom. The Bertz CT molecular complexity index is 1080. The first-order valence-corrected chi connectivity index (χ1v) is 14.1. The molecule has 7 rings (SSSR count). The van der Waals surface area contributed by atoms with Gasteiger partial charge in [0.15, 0.2) is 0 Å². The maximum Gasteiger partial charge on any atom is 0.233 e. The summed E-state index contributed by atoms with van der Waals surface area (Å²) in [5.74, 6) is 3.15. The van der Waals surface area contributed by atoms with E-state index in [9.17, 15) is 9.59 Å². The average molecular weight is 479 g/mol. The van der Waals surface area contributed by atoms with E-state index in [-0.39, 0.29) is 29.7 Å². The Morgan fingerprint density at radius 3 is 2.38 bits per heavy atom.